The SMILES string of the molecule is COC(=O)c1ccc(CCc2cc3c(cc2CCc2ccc(OC)cc2)OCO3)cc1. The molecule has 31 heavy (non-hydrogen) atoms. The van der Waals surface area contributed by atoms with Crippen LogP contribution in [0.5, 0.6) is 17.2 Å². The highest BCUT2D eigenvalue weighted by Gasteiger charge is 2.17. The first-order chi connectivity index (χ1) is 15.2. The van der Waals surface area contributed by atoms with Gasteiger partial charge in [0.05, 0.1) is 19.8 Å². The van der Waals surface area contributed by atoms with Crippen LogP contribution in [0, 0.1) is 0 Å². The number of fused-ring (bicyclic) bond motifs is 1. The van der Waals surface area contributed by atoms with Gasteiger partial charge >= 0.3 is 5.97 Å². The number of esters is 1. The van der Waals surface area contributed by atoms with E-state index in [9.17, 15) is 4.79 Å². The monoisotopic (exact) mass is 418 g/mol. The maximum absolute atomic E-state index is 11.6. The lowest BCUT2D eigenvalue weighted by Gasteiger charge is -2.12. The quantitative estimate of drug-likeness (QED) is 0.493. The molecule has 0 atom stereocenters. The molecule has 0 spiro atoms. The minimum Gasteiger partial charge on any atom is -0.497 e. The van der Waals surface area contributed by atoms with Gasteiger partial charge in [0.15, 0.2) is 11.5 Å². The molecule has 5 heteroatoms. The summed E-state index contributed by atoms with van der Waals surface area (Å²) in [5.41, 5.74) is 5.53. The van der Waals surface area contributed by atoms with Gasteiger partial charge in [0.25, 0.3) is 0 Å². The van der Waals surface area contributed by atoms with Crippen LogP contribution in [-0.4, -0.2) is 27.0 Å². The van der Waals surface area contributed by atoms with Gasteiger partial charge in [-0.2, -0.15) is 0 Å². The van der Waals surface area contributed by atoms with E-state index < -0.39 is 0 Å². The van der Waals surface area contributed by atoms with Crippen LogP contribution in [0.25, 0.3) is 0 Å². The third-order valence-electron chi connectivity index (χ3n) is 5.59. The van der Waals surface area contributed by atoms with E-state index >= 15 is 0 Å². The molecule has 0 N–H and O–H groups in total. The molecule has 160 valence electrons. The van der Waals surface area contributed by atoms with E-state index in [1.165, 1.54) is 29.4 Å². The second-order valence-electron chi connectivity index (χ2n) is 7.51. The lowest BCUT2D eigenvalue weighted by molar-refractivity contribution is 0.0600. The van der Waals surface area contributed by atoms with Crippen molar-refractivity contribution in [1.29, 1.82) is 0 Å². The number of hydrogen-bond donors (Lipinski definition) is 0. The summed E-state index contributed by atoms with van der Waals surface area (Å²) < 4.78 is 21.2. The molecule has 0 radical (unpaired) electrons. The van der Waals surface area contributed by atoms with Crippen molar-refractivity contribution in [2.45, 2.75) is 25.7 Å². The maximum atomic E-state index is 11.6. The number of carbonyl (C=O) groups excluding carboxylic acids is 1. The van der Waals surface area contributed by atoms with Crippen molar-refractivity contribution >= 4 is 5.97 Å². The van der Waals surface area contributed by atoms with E-state index in [1.54, 1.807) is 7.11 Å². The molecule has 0 saturated carbocycles. The lowest BCUT2D eigenvalue weighted by atomic mass is 9.94. The van der Waals surface area contributed by atoms with Gasteiger partial charge in [0, 0.05) is 0 Å². The third-order valence-corrected chi connectivity index (χ3v) is 5.59. The number of ether oxygens (including phenoxy) is 4. The van der Waals surface area contributed by atoms with E-state index in [4.69, 9.17) is 18.9 Å². The zero-order chi connectivity index (χ0) is 21.6. The van der Waals surface area contributed by atoms with Crippen molar-refractivity contribution in [2.24, 2.45) is 0 Å². The average Bonchev–Trinajstić information content (AvgIpc) is 3.28. The molecule has 0 saturated heterocycles. The Labute approximate surface area is 182 Å². The van der Waals surface area contributed by atoms with Crippen LogP contribution in [0.4, 0.5) is 0 Å². The van der Waals surface area contributed by atoms with Crippen LogP contribution >= 0.6 is 0 Å². The van der Waals surface area contributed by atoms with Crippen LogP contribution in [0.15, 0.2) is 60.7 Å². The minimum absolute atomic E-state index is 0.270. The Hall–Kier alpha value is -3.47. The summed E-state index contributed by atoms with van der Waals surface area (Å²) in [6.07, 6.45) is 3.60. The topological polar surface area (TPSA) is 54.0 Å². The predicted octanol–water partition coefficient (Wildman–Crippen LogP) is 4.78. The molecule has 1 heterocycles. The highest BCUT2D eigenvalue weighted by molar-refractivity contribution is 5.89. The van der Waals surface area contributed by atoms with E-state index in [-0.39, 0.29) is 12.8 Å². The molecular weight excluding hydrogens is 392 g/mol. The first-order valence-electron chi connectivity index (χ1n) is 10.4. The largest absolute Gasteiger partial charge is 0.497 e. The summed E-state index contributed by atoms with van der Waals surface area (Å²) in [4.78, 5) is 11.6. The zero-order valence-electron chi connectivity index (χ0n) is 17.9. The van der Waals surface area contributed by atoms with Crippen LogP contribution in [0.2, 0.25) is 0 Å². The summed E-state index contributed by atoms with van der Waals surface area (Å²) in [6, 6.07) is 20.0. The number of rotatable bonds is 8. The fraction of sp³-hybridized carbons (Fsp3) is 0.269. The van der Waals surface area contributed by atoms with Gasteiger partial charge in [-0.25, -0.2) is 4.79 Å². The fourth-order valence-corrected chi connectivity index (χ4v) is 3.77. The Kier molecular flexibility index (Phi) is 6.41. The average molecular weight is 418 g/mol. The number of methoxy groups -OCH3 is 2. The van der Waals surface area contributed by atoms with E-state index in [0.717, 1.165) is 42.9 Å². The number of aryl methyl sites for hydroxylation is 4. The Morgan fingerprint density at radius 2 is 1.29 bits per heavy atom. The Morgan fingerprint density at radius 1 is 0.774 bits per heavy atom. The lowest BCUT2D eigenvalue weighted by Crippen LogP contribution is -2.02. The first-order valence-corrected chi connectivity index (χ1v) is 10.4. The van der Waals surface area contributed by atoms with Gasteiger partial charge in [-0.3, -0.25) is 0 Å². The van der Waals surface area contributed by atoms with Crippen molar-refractivity contribution in [2.75, 3.05) is 21.0 Å². The Bertz CT molecular complexity index is 1040. The molecule has 0 aromatic heterocycles. The molecule has 3 aromatic rings. The van der Waals surface area contributed by atoms with Crippen molar-refractivity contribution in [3.05, 3.63) is 88.5 Å². The summed E-state index contributed by atoms with van der Waals surface area (Å²) in [7, 11) is 3.07. The van der Waals surface area contributed by atoms with Crippen LogP contribution in [0.1, 0.15) is 32.6 Å². The minimum atomic E-state index is -0.317. The Morgan fingerprint density at radius 3 is 1.77 bits per heavy atom. The zero-order valence-corrected chi connectivity index (χ0v) is 17.9. The number of hydrogen-bond acceptors (Lipinski definition) is 5. The van der Waals surface area contributed by atoms with Gasteiger partial charge in [-0.15, -0.1) is 0 Å². The van der Waals surface area contributed by atoms with Crippen molar-refractivity contribution in [3.63, 3.8) is 0 Å². The Balaban J connectivity index is 1.47. The van der Waals surface area contributed by atoms with E-state index in [2.05, 4.69) is 24.3 Å². The van der Waals surface area contributed by atoms with E-state index in [0.29, 0.717) is 5.56 Å². The predicted molar refractivity (Wildman–Crippen MR) is 118 cm³/mol. The molecule has 5 nitrogen and oxygen atoms in total. The van der Waals surface area contributed by atoms with Gasteiger partial charge in [-0.05, 0) is 84.3 Å². The molecular formula is C26H26O5. The second kappa shape index (κ2) is 9.56. The van der Waals surface area contributed by atoms with E-state index in [1.807, 2.05) is 36.4 Å². The standard InChI is InChI=1S/C26H26O5/c1-28-23-13-7-19(8-14-23)6-12-22-16-25-24(30-17-31-25)15-21(22)11-5-18-3-9-20(10-4-18)26(27)29-2/h3-4,7-10,13-16H,5-6,11-12,17H2,1-2H3. The van der Waals surface area contributed by atoms with Gasteiger partial charge in [0.1, 0.15) is 5.75 Å². The highest BCUT2D eigenvalue weighted by atomic mass is 16.7. The summed E-state index contributed by atoms with van der Waals surface area (Å²) in [5.74, 6) is 2.18. The van der Waals surface area contributed by atoms with Crippen molar-refractivity contribution in [3.8, 4) is 17.2 Å². The molecule has 0 amide bonds. The van der Waals surface area contributed by atoms with Crippen molar-refractivity contribution in [1.82, 2.24) is 0 Å². The smallest absolute Gasteiger partial charge is 0.337 e. The van der Waals surface area contributed by atoms with Crippen LogP contribution in [-0.2, 0) is 30.4 Å². The summed E-state index contributed by atoms with van der Waals surface area (Å²) in [5, 5.41) is 0. The molecule has 1 aliphatic heterocycles. The fourth-order valence-electron chi connectivity index (χ4n) is 3.77. The van der Waals surface area contributed by atoms with Gasteiger partial charge < -0.3 is 18.9 Å². The number of carbonyl (C=O) groups is 1. The summed E-state index contributed by atoms with van der Waals surface area (Å²) in [6.45, 7) is 0.270. The molecule has 0 bridgehead atoms. The third kappa shape index (κ3) is 5.00. The molecule has 1 aliphatic rings. The van der Waals surface area contributed by atoms with Gasteiger partial charge in [0.2, 0.25) is 6.79 Å². The molecule has 0 aliphatic carbocycles. The van der Waals surface area contributed by atoms with Crippen LogP contribution < -0.4 is 14.2 Å². The maximum Gasteiger partial charge on any atom is 0.337 e. The van der Waals surface area contributed by atoms with Gasteiger partial charge in [-0.1, -0.05) is 24.3 Å². The molecule has 3 aromatic carbocycles. The second-order valence-corrected chi connectivity index (χ2v) is 7.51. The van der Waals surface area contributed by atoms with Crippen molar-refractivity contribution < 1.29 is 23.7 Å². The van der Waals surface area contributed by atoms with Crippen LogP contribution in [0.3, 0.4) is 0 Å². The number of benzene rings is 3. The normalized spacial score (nSPS) is 11.9. The molecule has 0 unspecified atom stereocenters. The molecule has 0 fully saturated rings. The summed E-state index contributed by atoms with van der Waals surface area (Å²) >= 11 is 0. The highest BCUT2D eigenvalue weighted by Crippen LogP contribution is 2.36. The molecule has 4 rings (SSSR count). The first kappa shape index (κ1) is 20.8.